The maximum atomic E-state index is 13.5. The van der Waals surface area contributed by atoms with Crippen molar-refractivity contribution in [3.63, 3.8) is 0 Å². The Bertz CT molecular complexity index is 908. The first kappa shape index (κ1) is 17.6. The van der Waals surface area contributed by atoms with Crippen molar-refractivity contribution in [2.24, 2.45) is 5.92 Å². The van der Waals surface area contributed by atoms with E-state index >= 15 is 0 Å². The van der Waals surface area contributed by atoms with E-state index in [-0.39, 0.29) is 23.3 Å². The number of pyridine rings is 1. The number of benzene rings is 1. The molecule has 2 bridgehead atoms. The summed E-state index contributed by atoms with van der Waals surface area (Å²) < 4.78 is 13.5. The van der Waals surface area contributed by atoms with Gasteiger partial charge < -0.3 is 10.0 Å². The number of aryl methyl sites for hydroxylation is 1. The molecule has 4 fully saturated rings. The van der Waals surface area contributed by atoms with Gasteiger partial charge in [0.15, 0.2) is 0 Å². The molecular formula is C22H24FN3O2. The summed E-state index contributed by atoms with van der Waals surface area (Å²) in [5, 5.41) is 9.74. The van der Waals surface area contributed by atoms with Gasteiger partial charge in [0.05, 0.1) is 0 Å². The number of piperidine rings is 3. The SMILES string of the molecule is Cc1ccc(C(=O)O)c(N2C[C@@H](c3ccc(F)cc3)[C@@H]3[C@H]2C2CCN3CC2)n1. The van der Waals surface area contributed by atoms with Crippen LogP contribution >= 0.6 is 0 Å². The molecule has 0 radical (unpaired) electrons. The molecule has 1 aromatic heterocycles. The van der Waals surface area contributed by atoms with Crippen LogP contribution in [0.5, 0.6) is 0 Å². The fourth-order valence-corrected chi connectivity index (χ4v) is 5.60. The quantitative estimate of drug-likeness (QED) is 0.884. The van der Waals surface area contributed by atoms with Gasteiger partial charge in [-0.1, -0.05) is 12.1 Å². The normalized spacial score (nSPS) is 31.1. The molecule has 0 spiro atoms. The number of aromatic carboxylic acids is 1. The third kappa shape index (κ3) is 2.70. The second-order valence-corrected chi connectivity index (χ2v) is 8.29. The molecule has 4 aliphatic heterocycles. The molecule has 4 aliphatic rings. The van der Waals surface area contributed by atoms with Crippen LogP contribution in [0.15, 0.2) is 36.4 Å². The average molecular weight is 381 g/mol. The monoisotopic (exact) mass is 381 g/mol. The Labute approximate surface area is 163 Å². The lowest BCUT2D eigenvalue weighted by molar-refractivity contribution is 0.0353. The van der Waals surface area contributed by atoms with Crippen molar-refractivity contribution >= 4 is 11.8 Å². The fourth-order valence-electron chi connectivity index (χ4n) is 5.60. The Balaban J connectivity index is 1.61. The van der Waals surface area contributed by atoms with Crippen molar-refractivity contribution in [1.29, 1.82) is 0 Å². The number of nitrogens with zero attached hydrogens (tertiary/aromatic N) is 3. The summed E-state index contributed by atoms with van der Waals surface area (Å²) in [6.45, 7) is 4.79. The Hall–Kier alpha value is -2.47. The highest BCUT2D eigenvalue weighted by Crippen LogP contribution is 2.48. The number of hydrogen-bond acceptors (Lipinski definition) is 4. The Morgan fingerprint density at radius 2 is 1.82 bits per heavy atom. The zero-order valence-corrected chi connectivity index (χ0v) is 15.9. The van der Waals surface area contributed by atoms with Crippen molar-refractivity contribution < 1.29 is 14.3 Å². The summed E-state index contributed by atoms with van der Waals surface area (Å²) in [5.41, 5.74) is 2.21. The zero-order chi connectivity index (χ0) is 19.4. The van der Waals surface area contributed by atoms with Gasteiger partial charge in [-0.15, -0.1) is 0 Å². The molecule has 5 heterocycles. The second-order valence-electron chi connectivity index (χ2n) is 8.29. The summed E-state index contributed by atoms with van der Waals surface area (Å²) in [6.07, 6.45) is 2.28. The van der Waals surface area contributed by atoms with E-state index in [0.29, 0.717) is 24.3 Å². The van der Waals surface area contributed by atoms with Crippen LogP contribution in [0.4, 0.5) is 10.2 Å². The maximum absolute atomic E-state index is 13.5. The van der Waals surface area contributed by atoms with E-state index in [4.69, 9.17) is 0 Å². The highest BCUT2D eigenvalue weighted by Gasteiger charge is 2.54. The van der Waals surface area contributed by atoms with Gasteiger partial charge >= 0.3 is 5.97 Å². The van der Waals surface area contributed by atoms with Gasteiger partial charge in [-0.3, -0.25) is 4.90 Å². The number of anilines is 1. The van der Waals surface area contributed by atoms with Gasteiger partial charge in [-0.2, -0.15) is 0 Å². The highest BCUT2D eigenvalue weighted by atomic mass is 19.1. The first-order chi connectivity index (χ1) is 13.5. The van der Waals surface area contributed by atoms with E-state index in [2.05, 4.69) is 14.8 Å². The predicted octanol–water partition coefficient (Wildman–Crippen LogP) is 3.29. The number of aromatic nitrogens is 1. The molecule has 3 atom stereocenters. The molecule has 0 amide bonds. The topological polar surface area (TPSA) is 56.7 Å². The molecule has 1 aromatic carbocycles. The predicted molar refractivity (Wildman–Crippen MR) is 104 cm³/mol. The number of carboxylic acids is 1. The van der Waals surface area contributed by atoms with Crippen LogP contribution in [0, 0.1) is 18.7 Å². The van der Waals surface area contributed by atoms with Gasteiger partial charge in [-0.05, 0) is 68.6 Å². The molecule has 28 heavy (non-hydrogen) atoms. The Kier molecular flexibility index (Phi) is 4.12. The van der Waals surface area contributed by atoms with Crippen molar-refractivity contribution in [2.45, 2.75) is 37.8 Å². The number of hydrogen-bond donors (Lipinski definition) is 1. The number of carboxylic acid groups (broad SMARTS) is 1. The smallest absolute Gasteiger partial charge is 0.339 e. The van der Waals surface area contributed by atoms with Crippen LogP contribution < -0.4 is 4.90 Å². The van der Waals surface area contributed by atoms with Gasteiger partial charge in [0.2, 0.25) is 0 Å². The van der Waals surface area contributed by atoms with Gasteiger partial charge in [0, 0.05) is 30.2 Å². The van der Waals surface area contributed by atoms with Crippen LogP contribution in [0.3, 0.4) is 0 Å². The van der Waals surface area contributed by atoms with Crippen LogP contribution in [-0.2, 0) is 0 Å². The summed E-state index contributed by atoms with van der Waals surface area (Å²) in [7, 11) is 0. The summed E-state index contributed by atoms with van der Waals surface area (Å²) >= 11 is 0. The first-order valence-corrected chi connectivity index (χ1v) is 10.00. The molecule has 1 N–H and O–H groups in total. The lowest BCUT2D eigenvalue weighted by atomic mass is 9.75. The summed E-state index contributed by atoms with van der Waals surface area (Å²) in [5.74, 6) is 0.183. The van der Waals surface area contributed by atoms with Crippen LogP contribution in [0.1, 0.15) is 40.4 Å². The van der Waals surface area contributed by atoms with Gasteiger partial charge in [-0.25, -0.2) is 14.2 Å². The maximum Gasteiger partial charge on any atom is 0.339 e. The van der Waals surface area contributed by atoms with Gasteiger partial charge in [0.25, 0.3) is 0 Å². The summed E-state index contributed by atoms with van der Waals surface area (Å²) in [6, 6.07) is 10.8. The molecule has 0 aliphatic carbocycles. The number of rotatable bonds is 3. The third-order valence-electron chi connectivity index (χ3n) is 6.81. The first-order valence-electron chi connectivity index (χ1n) is 10.00. The Morgan fingerprint density at radius 1 is 1.11 bits per heavy atom. The van der Waals surface area contributed by atoms with E-state index in [1.807, 2.05) is 19.1 Å². The standard InChI is InChI=1S/C22H24FN3O2/c1-13-2-7-17(22(27)28)21(24-13)26-12-18(14-3-5-16(23)6-4-14)20-19(26)15-8-10-25(20)11-9-15/h2-7,15,18-20H,8-12H2,1H3,(H,27,28)/t18-,19+,20+/m0/s1. The number of carbonyl (C=O) groups is 1. The van der Waals surface area contributed by atoms with Crippen LogP contribution in [-0.4, -0.2) is 52.7 Å². The second kappa shape index (κ2) is 6.55. The largest absolute Gasteiger partial charge is 0.478 e. The summed E-state index contributed by atoms with van der Waals surface area (Å²) in [4.78, 5) is 21.3. The number of halogens is 1. The van der Waals surface area contributed by atoms with Crippen LogP contribution in [0.2, 0.25) is 0 Å². The minimum atomic E-state index is -0.939. The Morgan fingerprint density at radius 3 is 2.50 bits per heavy atom. The van der Waals surface area contributed by atoms with E-state index in [9.17, 15) is 14.3 Å². The molecule has 146 valence electrons. The minimum absolute atomic E-state index is 0.220. The number of fused-ring (bicyclic) bond motifs is 2. The molecule has 4 saturated heterocycles. The molecular weight excluding hydrogens is 357 g/mol. The molecule has 0 saturated carbocycles. The van der Waals surface area contributed by atoms with E-state index in [0.717, 1.165) is 37.2 Å². The van der Waals surface area contributed by atoms with Crippen molar-refractivity contribution in [1.82, 2.24) is 9.88 Å². The highest BCUT2D eigenvalue weighted by molar-refractivity contribution is 5.93. The molecule has 5 nitrogen and oxygen atoms in total. The average Bonchev–Trinajstić information content (AvgIpc) is 3.12. The molecule has 0 unspecified atom stereocenters. The van der Waals surface area contributed by atoms with E-state index in [1.54, 1.807) is 12.1 Å². The molecule has 6 heteroatoms. The third-order valence-corrected chi connectivity index (χ3v) is 6.81. The van der Waals surface area contributed by atoms with Crippen LogP contribution in [0.25, 0.3) is 0 Å². The van der Waals surface area contributed by atoms with Crippen molar-refractivity contribution in [2.75, 3.05) is 24.5 Å². The van der Waals surface area contributed by atoms with Gasteiger partial charge in [0.1, 0.15) is 17.2 Å². The zero-order valence-electron chi connectivity index (χ0n) is 15.9. The molecule has 6 rings (SSSR count). The van der Waals surface area contributed by atoms with Crippen molar-refractivity contribution in [3.8, 4) is 0 Å². The van der Waals surface area contributed by atoms with E-state index in [1.165, 1.54) is 12.1 Å². The van der Waals surface area contributed by atoms with Crippen molar-refractivity contribution in [3.05, 3.63) is 59.0 Å². The van der Waals surface area contributed by atoms with E-state index < -0.39 is 5.97 Å². The lowest BCUT2D eigenvalue weighted by Crippen LogP contribution is -2.60. The minimum Gasteiger partial charge on any atom is -0.478 e. The molecule has 2 aromatic rings. The fraction of sp³-hybridized carbons (Fsp3) is 0.455. The lowest BCUT2D eigenvalue weighted by Gasteiger charge is -2.51.